The molecule has 0 radical (unpaired) electrons. The second-order valence-corrected chi connectivity index (χ2v) is 6.38. The number of aryl methyl sites for hydroxylation is 2. The molecule has 3 rings (SSSR count). The third-order valence-electron chi connectivity index (χ3n) is 4.58. The highest BCUT2D eigenvalue weighted by atomic mass is 16.5. The molecule has 0 aliphatic carbocycles. The number of aromatic nitrogens is 1. The molecule has 0 fully saturated rings. The zero-order valence-electron chi connectivity index (χ0n) is 16.5. The normalized spacial score (nSPS) is 10.7. The summed E-state index contributed by atoms with van der Waals surface area (Å²) < 4.78 is 10.6. The standard InChI is InChI=1S/C23H23NO4/c1-5-27-22(25)19-14(3)24-15(4)20(23(26)28-6-2)21(19)18-13-9-11-16-10-7-8-12-17(16)18/h7-13H,5-6H2,1-4H3. The number of hydrogen-bond acceptors (Lipinski definition) is 5. The summed E-state index contributed by atoms with van der Waals surface area (Å²) in [6, 6.07) is 13.7. The number of benzene rings is 2. The van der Waals surface area contributed by atoms with Crippen molar-refractivity contribution in [1.29, 1.82) is 0 Å². The average Bonchev–Trinajstić information content (AvgIpc) is 2.67. The summed E-state index contributed by atoms with van der Waals surface area (Å²) in [5, 5.41) is 1.95. The molecule has 0 aliphatic heterocycles. The molecule has 0 N–H and O–H groups in total. The summed E-state index contributed by atoms with van der Waals surface area (Å²) in [6.45, 7) is 7.47. The van der Waals surface area contributed by atoms with Crippen LogP contribution >= 0.6 is 0 Å². The van der Waals surface area contributed by atoms with E-state index in [1.807, 2.05) is 42.5 Å². The van der Waals surface area contributed by atoms with E-state index >= 15 is 0 Å². The van der Waals surface area contributed by atoms with E-state index in [0.717, 1.165) is 16.3 Å². The van der Waals surface area contributed by atoms with Crippen molar-refractivity contribution in [2.24, 2.45) is 0 Å². The van der Waals surface area contributed by atoms with Crippen LogP contribution in [0, 0.1) is 13.8 Å². The molecule has 3 aromatic rings. The molecule has 0 saturated carbocycles. The minimum atomic E-state index is -0.499. The number of nitrogens with zero attached hydrogens (tertiary/aromatic N) is 1. The molecule has 0 aliphatic rings. The third kappa shape index (κ3) is 3.48. The third-order valence-corrected chi connectivity index (χ3v) is 4.58. The number of ether oxygens (including phenoxy) is 2. The molecular weight excluding hydrogens is 354 g/mol. The summed E-state index contributed by atoms with van der Waals surface area (Å²) in [6.07, 6.45) is 0. The van der Waals surface area contributed by atoms with Crippen LogP contribution in [0.1, 0.15) is 46.0 Å². The Morgan fingerprint density at radius 1 is 0.821 bits per heavy atom. The lowest BCUT2D eigenvalue weighted by Gasteiger charge is -2.19. The molecule has 28 heavy (non-hydrogen) atoms. The monoisotopic (exact) mass is 377 g/mol. The minimum Gasteiger partial charge on any atom is -0.462 e. The lowest BCUT2D eigenvalue weighted by molar-refractivity contribution is 0.0525. The zero-order valence-corrected chi connectivity index (χ0v) is 16.5. The maximum atomic E-state index is 12.8. The van der Waals surface area contributed by atoms with E-state index in [9.17, 15) is 9.59 Å². The Bertz CT molecular complexity index is 1010. The van der Waals surface area contributed by atoms with Crippen LogP contribution in [0.4, 0.5) is 0 Å². The van der Waals surface area contributed by atoms with E-state index in [0.29, 0.717) is 28.1 Å². The first kappa shape index (κ1) is 19.5. The molecule has 0 bridgehead atoms. The molecule has 1 heterocycles. The SMILES string of the molecule is CCOC(=O)c1c(C)nc(C)c(C(=O)OCC)c1-c1cccc2ccccc12. The first-order chi connectivity index (χ1) is 13.5. The first-order valence-electron chi connectivity index (χ1n) is 9.33. The fraction of sp³-hybridized carbons (Fsp3) is 0.261. The molecule has 5 heteroatoms. The fourth-order valence-electron chi connectivity index (χ4n) is 3.47. The molecule has 2 aromatic carbocycles. The van der Waals surface area contributed by atoms with Gasteiger partial charge in [0.1, 0.15) is 0 Å². The Kier molecular flexibility index (Phi) is 5.73. The molecule has 0 spiro atoms. The van der Waals surface area contributed by atoms with Gasteiger partial charge in [0.05, 0.1) is 35.7 Å². The number of esters is 2. The summed E-state index contributed by atoms with van der Waals surface area (Å²) in [5.74, 6) is -0.998. The van der Waals surface area contributed by atoms with Gasteiger partial charge in [0.15, 0.2) is 0 Å². The molecule has 0 atom stereocenters. The Balaban J connectivity index is 2.45. The molecule has 0 saturated heterocycles. The van der Waals surface area contributed by atoms with Crippen LogP contribution in [0.2, 0.25) is 0 Å². The largest absolute Gasteiger partial charge is 0.462 e. The van der Waals surface area contributed by atoms with Gasteiger partial charge in [0.25, 0.3) is 0 Å². The van der Waals surface area contributed by atoms with Crippen LogP contribution in [-0.4, -0.2) is 30.1 Å². The number of carbonyl (C=O) groups excluding carboxylic acids is 2. The van der Waals surface area contributed by atoms with E-state index in [1.54, 1.807) is 27.7 Å². The van der Waals surface area contributed by atoms with Crippen LogP contribution in [0.5, 0.6) is 0 Å². The second-order valence-electron chi connectivity index (χ2n) is 6.38. The summed E-state index contributed by atoms with van der Waals surface area (Å²) in [5.41, 5.74) is 2.93. The van der Waals surface area contributed by atoms with Crippen LogP contribution in [0.3, 0.4) is 0 Å². The zero-order chi connectivity index (χ0) is 20.3. The summed E-state index contributed by atoms with van der Waals surface area (Å²) >= 11 is 0. The smallest absolute Gasteiger partial charge is 0.340 e. The van der Waals surface area contributed by atoms with Crippen LogP contribution in [-0.2, 0) is 9.47 Å². The highest BCUT2D eigenvalue weighted by Gasteiger charge is 2.28. The Morgan fingerprint density at radius 2 is 1.36 bits per heavy atom. The van der Waals surface area contributed by atoms with Crippen LogP contribution in [0.25, 0.3) is 21.9 Å². The highest BCUT2D eigenvalue weighted by Crippen LogP contribution is 2.36. The van der Waals surface area contributed by atoms with Crippen molar-refractivity contribution in [3.8, 4) is 11.1 Å². The predicted octanol–water partition coefficient (Wildman–Crippen LogP) is 4.87. The molecular formula is C23H23NO4. The van der Waals surface area contributed by atoms with Gasteiger partial charge in [-0.25, -0.2) is 9.59 Å². The molecule has 0 amide bonds. The van der Waals surface area contributed by atoms with Crippen molar-refractivity contribution < 1.29 is 19.1 Å². The predicted molar refractivity (Wildman–Crippen MR) is 109 cm³/mol. The Morgan fingerprint density at radius 3 is 1.93 bits per heavy atom. The van der Waals surface area contributed by atoms with Crippen molar-refractivity contribution in [3.05, 3.63) is 65.0 Å². The Labute approximate surface area is 164 Å². The van der Waals surface area contributed by atoms with E-state index in [-0.39, 0.29) is 13.2 Å². The van der Waals surface area contributed by atoms with Gasteiger partial charge in [0, 0.05) is 5.56 Å². The van der Waals surface area contributed by atoms with Gasteiger partial charge < -0.3 is 9.47 Å². The lowest BCUT2D eigenvalue weighted by Crippen LogP contribution is -2.17. The van der Waals surface area contributed by atoms with E-state index in [4.69, 9.17) is 9.47 Å². The van der Waals surface area contributed by atoms with Crippen LogP contribution < -0.4 is 0 Å². The number of hydrogen-bond donors (Lipinski definition) is 0. The van der Waals surface area contributed by atoms with Crippen molar-refractivity contribution in [2.75, 3.05) is 13.2 Å². The number of fused-ring (bicyclic) bond motifs is 1. The average molecular weight is 377 g/mol. The van der Waals surface area contributed by atoms with Gasteiger partial charge in [-0.15, -0.1) is 0 Å². The van der Waals surface area contributed by atoms with E-state index < -0.39 is 11.9 Å². The van der Waals surface area contributed by atoms with Crippen molar-refractivity contribution >= 4 is 22.7 Å². The fourth-order valence-corrected chi connectivity index (χ4v) is 3.47. The van der Waals surface area contributed by atoms with Gasteiger partial charge >= 0.3 is 11.9 Å². The lowest BCUT2D eigenvalue weighted by atomic mass is 9.89. The Hall–Kier alpha value is -3.21. The van der Waals surface area contributed by atoms with Gasteiger partial charge in [-0.2, -0.15) is 0 Å². The van der Waals surface area contributed by atoms with E-state index in [1.165, 1.54) is 0 Å². The maximum Gasteiger partial charge on any atom is 0.340 e. The number of pyridine rings is 1. The van der Waals surface area contributed by atoms with Crippen LogP contribution in [0.15, 0.2) is 42.5 Å². The van der Waals surface area contributed by atoms with Gasteiger partial charge in [-0.1, -0.05) is 42.5 Å². The molecule has 1 aromatic heterocycles. The van der Waals surface area contributed by atoms with E-state index in [2.05, 4.69) is 4.98 Å². The van der Waals surface area contributed by atoms with Gasteiger partial charge in [0.2, 0.25) is 0 Å². The minimum absolute atomic E-state index is 0.232. The molecule has 144 valence electrons. The quantitative estimate of drug-likeness (QED) is 0.593. The summed E-state index contributed by atoms with van der Waals surface area (Å²) in [4.78, 5) is 30.1. The van der Waals surface area contributed by atoms with Crippen molar-refractivity contribution in [3.63, 3.8) is 0 Å². The number of rotatable bonds is 5. The first-order valence-corrected chi connectivity index (χ1v) is 9.33. The second kappa shape index (κ2) is 8.21. The number of carbonyl (C=O) groups is 2. The maximum absolute atomic E-state index is 12.8. The molecule has 5 nitrogen and oxygen atoms in total. The highest BCUT2D eigenvalue weighted by molar-refractivity contribution is 6.11. The van der Waals surface area contributed by atoms with Gasteiger partial charge in [-0.3, -0.25) is 4.98 Å². The molecule has 0 unspecified atom stereocenters. The van der Waals surface area contributed by atoms with Gasteiger partial charge in [-0.05, 0) is 44.0 Å². The topological polar surface area (TPSA) is 65.5 Å². The van der Waals surface area contributed by atoms with Crippen molar-refractivity contribution in [2.45, 2.75) is 27.7 Å². The summed E-state index contributed by atoms with van der Waals surface area (Å²) in [7, 11) is 0. The van der Waals surface area contributed by atoms with Crippen molar-refractivity contribution in [1.82, 2.24) is 4.98 Å².